The van der Waals surface area contributed by atoms with Crippen LogP contribution >= 0.6 is 0 Å². The predicted octanol–water partition coefficient (Wildman–Crippen LogP) is -0.276. The number of ether oxygens (including phenoxy) is 1. The number of hydrogen-bond acceptors (Lipinski definition) is 2. The summed E-state index contributed by atoms with van der Waals surface area (Å²) in [4.78, 5) is 11.7. The molecule has 4 heteroatoms. The molecule has 0 N–H and O–H groups in total. The van der Waals surface area contributed by atoms with Crippen LogP contribution in [0.15, 0.2) is 30.3 Å². The van der Waals surface area contributed by atoms with E-state index in [2.05, 4.69) is 20.9 Å². The number of halogens is 1. The fourth-order valence-corrected chi connectivity index (χ4v) is 1.81. The fraction of sp³-hybridized carbons (Fsp3) is 0.533. The molecule has 19 heavy (non-hydrogen) atoms. The minimum absolute atomic E-state index is 0. The summed E-state index contributed by atoms with van der Waals surface area (Å²) in [6, 6.07) is 9.14. The standard InChI is InChI=1S/C15H24NO2.BrH/c1-4-16(3,5-2)12-9-13-18-15(17)14-10-7-6-8-11-14;/h6-8,10-11H,4-5,9,12-13H2,1-3H3;1H/q+1;/p-1. The Kier molecular flexibility index (Phi) is 8.68. The molecular formula is C15H24BrNO2. The van der Waals surface area contributed by atoms with Crippen LogP contribution in [0.1, 0.15) is 30.6 Å². The molecule has 0 spiro atoms. The Bertz CT molecular complexity index is 364. The van der Waals surface area contributed by atoms with Gasteiger partial charge in [0.25, 0.3) is 0 Å². The highest BCUT2D eigenvalue weighted by atomic mass is 79.9. The lowest BCUT2D eigenvalue weighted by Gasteiger charge is -2.31. The summed E-state index contributed by atoms with van der Waals surface area (Å²) in [5.41, 5.74) is 0.626. The first kappa shape index (κ1) is 18.1. The van der Waals surface area contributed by atoms with Gasteiger partial charge in [-0.15, -0.1) is 0 Å². The molecule has 1 rings (SSSR count). The molecule has 0 aliphatic carbocycles. The molecule has 1 aromatic carbocycles. The monoisotopic (exact) mass is 329 g/mol. The van der Waals surface area contributed by atoms with Crippen LogP contribution < -0.4 is 17.0 Å². The van der Waals surface area contributed by atoms with Gasteiger partial charge in [-0.1, -0.05) is 18.2 Å². The highest BCUT2D eigenvalue weighted by Crippen LogP contribution is 2.05. The van der Waals surface area contributed by atoms with Gasteiger partial charge in [-0.25, -0.2) is 4.79 Å². The molecule has 0 bridgehead atoms. The Hall–Kier alpha value is -0.870. The minimum Gasteiger partial charge on any atom is -1.00 e. The van der Waals surface area contributed by atoms with Crippen LogP contribution in [-0.2, 0) is 4.74 Å². The molecule has 0 saturated heterocycles. The van der Waals surface area contributed by atoms with Crippen molar-refractivity contribution in [2.24, 2.45) is 0 Å². The van der Waals surface area contributed by atoms with Gasteiger partial charge >= 0.3 is 5.97 Å². The number of rotatable bonds is 7. The quantitative estimate of drug-likeness (QED) is 0.391. The molecule has 0 unspecified atom stereocenters. The summed E-state index contributed by atoms with van der Waals surface area (Å²) in [5.74, 6) is -0.224. The topological polar surface area (TPSA) is 26.3 Å². The molecule has 0 aliphatic heterocycles. The zero-order valence-corrected chi connectivity index (χ0v) is 13.6. The number of nitrogens with zero attached hydrogens (tertiary/aromatic N) is 1. The third-order valence-corrected chi connectivity index (χ3v) is 3.61. The van der Waals surface area contributed by atoms with Crippen LogP contribution in [-0.4, -0.2) is 43.7 Å². The highest BCUT2D eigenvalue weighted by molar-refractivity contribution is 5.89. The highest BCUT2D eigenvalue weighted by Gasteiger charge is 2.15. The lowest BCUT2D eigenvalue weighted by atomic mass is 10.2. The van der Waals surface area contributed by atoms with E-state index in [-0.39, 0.29) is 23.0 Å². The molecule has 0 heterocycles. The minimum atomic E-state index is -0.224. The second-order valence-electron chi connectivity index (χ2n) is 4.83. The van der Waals surface area contributed by atoms with Crippen molar-refractivity contribution in [1.82, 2.24) is 0 Å². The zero-order chi connectivity index (χ0) is 13.4. The average Bonchev–Trinajstić information content (AvgIpc) is 2.44. The van der Waals surface area contributed by atoms with E-state index >= 15 is 0 Å². The van der Waals surface area contributed by atoms with Gasteiger partial charge in [0, 0.05) is 6.42 Å². The van der Waals surface area contributed by atoms with Crippen molar-refractivity contribution in [2.45, 2.75) is 20.3 Å². The van der Waals surface area contributed by atoms with Crippen LogP contribution in [0.4, 0.5) is 0 Å². The second kappa shape index (κ2) is 9.10. The Labute approximate surface area is 126 Å². The molecule has 0 saturated carbocycles. The maximum Gasteiger partial charge on any atom is 0.338 e. The molecule has 0 atom stereocenters. The zero-order valence-electron chi connectivity index (χ0n) is 12.1. The molecule has 3 nitrogen and oxygen atoms in total. The number of esters is 1. The Balaban J connectivity index is 0.00000324. The van der Waals surface area contributed by atoms with Gasteiger partial charge in [-0.2, -0.15) is 0 Å². The normalized spacial score (nSPS) is 10.7. The average molecular weight is 330 g/mol. The smallest absolute Gasteiger partial charge is 0.338 e. The summed E-state index contributed by atoms with van der Waals surface area (Å²) < 4.78 is 6.29. The lowest BCUT2D eigenvalue weighted by molar-refractivity contribution is -0.906. The van der Waals surface area contributed by atoms with E-state index in [0.717, 1.165) is 30.5 Å². The first-order valence-electron chi connectivity index (χ1n) is 6.67. The molecule has 0 aromatic heterocycles. The van der Waals surface area contributed by atoms with E-state index < -0.39 is 0 Å². The number of carbonyl (C=O) groups is 1. The van der Waals surface area contributed by atoms with Gasteiger partial charge < -0.3 is 26.2 Å². The molecule has 0 radical (unpaired) electrons. The van der Waals surface area contributed by atoms with Crippen LogP contribution in [0.3, 0.4) is 0 Å². The summed E-state index contributed by atoms with van der Waals surface area (Å²) >= 11 is 0. The van der Waals surface area contributed by atoms with Crippen LogP contribution in [0.2, 0.25) is 0 Å². The van der Waals surface area contributed by atoms with Crippen LogP contribution in [0.5, 0.6) is 0 Å². The first-order valence-corrected chi connectivity index (χ1v) is 6.67. The van der Waals surface area contributed by atoms with E-state index in [9.17, 15) is 4.79 Å². The SMILES string of the molecule is CC[N+](C)(CC)CCCOC(=O)c1ccccc1.[Br-]. The van der Waals surface area contributed by atoms with Gasteiger partial charge in [0.1, 0.15) is 0 Å². The number of quaternary nitrogens is 1. The van der Waals surface area contributed by atoms with Crippen LogP contribution in [0, 0.1) is 0 Å². The Morgan fingerprint density at radius 2 is 1.74 bits per heavy atom. The lowest BCUT2D eigenvalue weighted by Crippen LogP contribution is -3.00. The third-order valence-electron chi connectivity index (χ3n) is 3.61. The van der Waals surface area contributed by atoms with E-state index in [4.69, 9.17) is 4.74 Å². The third kappa shape index (κ3) is 6.21. The summed E-state index contributed by atoms with van der Waals surface area (Å²) in [6.45, 7) is 8.17. The van der Waals surface area contributed by atoms with Crippen molar-refractivity contribution in [2.75, 3.05) is 33.3 Å². The van der Waals surface area contributed by atoms with E-state index in [1.165, 1.54) is 0 Å². The number of benzene rings is 1. The van der Waals surface area contributed by atoms with Gasteiger partial charge in [-0.05, 0) is 26.0 Å². The molecule has 1 aromatic rings. The van der Waals surface area contributed by atoms with E-state index in [1.54, 1.807) is 12.1 Å². The number of hydrogen-bond donors (Lipinski definition) is 0. The van der Waals surface area contributed by atoms with Crippen molar-refractivity contribution < 1.29 is 31.0 Å². The summed E-state index contributed by atoms with van der Waals surface area (Å²) in [5, 5.41) is 0. The molecule has 0 fully saturated rings. The summed E-state index contributed by atoms with van der Waals surface area (Å²) in [7, 11) is 2.24. The maximum atomic E-state index is 11.7. The molecule has 108 valence electrons. The van der Waals surface area contributed by atoms with Gasteiger partial charge in [-0.3, -0.25) is 0 Å². The summed E-state index contributed by atoms with van der Waals surface area (Å²) in [6.07, 6.45) is 0.913. The van der Waals surface area contributed by atoms with Crippen molar-refractivity contribution in [3.63, 3.8) is 0 Å². The largest absolute Gasteiger partial charge is 1.00 e. The molecule has 0 amide bonds. The Morgan fingerprint density at radius 3 is 2.26 bits per heavy atom. The number of carbonyl (C=O) groups excluding carboxylic acids is 1. The van der Waals surface area contributed by atoms with Crippen molar-refractivity contribution >= 4 is 5.97 Å². The fourth-order valence-electron chi connectivity index (χ4n) is 1.81. The van der Waals surface area contributed by atoms with Crippen molar-refractivity contribution in [3.8, 4) is 0 Å². The van der Waals surface area contributed by atoms with Gasteiger partial charge in [0.15, 0.2) is 0 Å². The molecule has 0 aliphatic rings. The van der Waals surface area contributed by atoms with Gasteiger partial charge in [0.2, 0.25) is 0 Å². The van der Waals surface area contributed by atoms with E-state index in [0.29, 0.717) is 12.2 Å². The molecular weight excluding hydrogens is 306 g/mol. The van der Waals surface area contributed by atoms with Crippen molar-refractivity contribution in [1.29, 1.82) is 0 Å². The second-order valence-corrected chi connectivity index (χ2v) is 4.83. The Morgan fingerprint density at radius 1 is 1.16 bits per heavy atom. The van der Waals surface area contributed by atoms with Gasteiger partial charge in [0.05, 0.1) is 38.9 Å². The van der Waals surface area contributed by atoms with Crippen molar-refractivity contribution in [3.05, 3.63) is 35.9 Å². The predicted molar refractivity (Wildman–Crippen MR) is 73.5 cm³/mol. The maximum absolute atomic E-state index is 11.7. The van der Waals surface area contributed by atoms with E-state index in [1.807, 2.05) is 18.2 Å². The first-order chi connectivity index (χ1) is 8.61. The van der Waals surface area contributed by atoms with Crippen LogP contribution in [0.25, 0.3) is 0 Å².